The Morgan fingerprint density at radius 1 is 1.06 bits per heavy atom. The molecule has 0 radical (unpaired) electrons. The van der Waals surface area contributed by atoms with E-state index in [1.54, 1.807) is 21.1 Å². The van der Waals surface area contributed by atoms with Crippen LogP contribution in [0.1, 0.15) is 32.1 Å². The van der Waals surface area contributed by atoms with Crippen molar-refractivity contribution >= 4 is 11.8 Å². The summed E-state index contributed by atoms with van der Waals surface area (Å²) in [5, 5.41) is 0. The lowest BCUT2D eigenvalue weighted by atomic mass is 9.84. The highest BCUT2D eigenvalue weighted by atomic mass is 16.2. The van der Waals surface area contributed by atoms with Crippen molar-refractivity contribution in [3.63, 3.8) is 0 Å². The molecule has 0 heterocycles. The third-order valence-corrected chi connectivity index (χ3v) is 3.65. The van der Waals surface area contributed by atoms with Crippen LogP contribution in [-0.4, -0.2) is 55.3 Å². The zero-order valence-corrected chi connectivity index (χ0v) is 11.7. The Labute approximate surface area is 109 Å². The zero-order valence-electron chi connectivity index (χ0n) is 11.7. The lowest BCUT2D eigenvalue weighted by Gasteiger charge is -2.27. The van der Waals surface area contributed by atoms with Gasteiger partial charge in [-0.25, -0.2) is 0 Å². The number of carbonyl (C=O) groups is 2. The molecule has 1 aliphatic rings. The van der Waals surface area contributed by atoms with Crippen molar-refractivity contribution in [1.29, 1.82) is 0 Å². The normalized spacial score (nSPS) is 23.6. The molecule has 0 atom stereocenters. The largest absolute Gasteiger partial charge is 0.347 e. The van der Waals surface area contributed by atoms with E-state index in [1.165, 1.54) is 9.80 Å². The maximum Gasteiger partial charge on any atom is 0.241 e. The van der Waals surface area contributed by atoms with Crippen LogP contribution in [0.25, 0.3) is 0 Å². The van der Waals surface area contributed by atoms with Gasteiger partial charge in [-0.3, -0.25) is 9.59 Å². The molecule has 1 aliphatic carbocycles. The zero-order chi connectivity index (χ0) is 13.7. The van der Waals surface area contributed by atoms with Gasteiger partial charge in [-0.1, -0.05) is 0 Å². The second-order valence-electron chi connectivity index (χ2n) is 5.52. The lowest BCUT2D eigenvalue weighted by molar-refractivity contribution is -0.138. The van der Waals surface area contributed by atoms with Gasteiger partial charge in [0, 0.05) is 33.6 Å². The van der Waals surface area contributed by atoms with Crippen molar-refractivity contribution in [3.05, 3.63) is 0 Å². The van der Waals surface area contributed by atoms with E-state index in [-0.39, 0.29) is 18.4 Å². The van der Waals surface area contributed by atoms with E-state index in [9.17, 15) is 9.59 Å². The van der Waals surface area contributed by atoms with Gasteiger partial charge in [0.2, 0.25) is 11.8 Å². The molecule has 0 aliphatic heterocycles. The lowest BCUT2D eigenvalue weighted by Crippen LogP contribution is -2.39. The molecule has 1 rings (SSSR count). The summed E-state index contributed by atoms with van der Waals surface area (Å²) in [6.45, 7) is 0.165. The van der Waals surface area contributed by atoms with Gasteiger partial charge in [0.25, 0.3) is 0 Å². The van der Waals surface area contributed by atoms with Gasteiger partial charge in [-0.2, -0.15) is 0 Å². The first kappa shape index (κ1) is 15.0. The number of rotatable bonds is 4. The molecule has 2 amide bonds. The Morgan fingerprint density at radius 3 is 2.11 bits per heavy atom. The minimum Gasteiger partial charge on any atom is -0.347 e. The van der Waals surface area contributed by atoms with Gasteiger partial charge in [0.15, 0.2) is 0 Å². The van der Waals surface area contributed by atoms with Crippen molar-refractivity contribution in [3.8, 4) is 0 Å². The third-order valence-electron chi connectivity index (χ3n) is 3.65. The SMILES string of the molecule is CN(C)C(=O)CN(C)C(=O)CC1CCC(N)CC1. The van der Waals surface area contributed by atoms with E-state index < -0.39 is 0 Å². The first-order valence-corrected chi connectivity index (χ1v) is 6.60. The smallest absolute Gasteiger partial charge is 0.241 e. The topological polar surface area (TPSA) is 66.6 Å². The van der Waals surface area contributed by atoms with Gasteiger partial charge in [0.1, 0.15) is 0 Å². The summed E-state index contributed by atoms with van der Waals surface area (Å²) in [6.07, 6.45) is 4.63. The molecule has 0 spiro atoms. The molecule has 1 fully saturated rings. The third kappa shape index (κ3) is 4.64. The van der Waals surface area contributed by atoms with Crippen molar-refractivity contribution in [1.82, 2.24) is 9.80 Å². The molecule has 0 unspecified atom stereocenters. The first-order valence-electron chi connectivity index (χ1n) is 6.60. The summed E-state index contributed by atoms with van der Waals surface area (Å²) in [6, 6.07) is 0.310. The molecular weight excluding hydrogens is 230 g/mol. The van der Waals surface area contributed by atoms with E-state index in [4.69, 9.17) is 5.73 Å². The molecule has 5 heteroatoms. The summed E-state index contributed by atoms with van der Waals surface area (Å²) in [5.74, 6) is 0.455. The fourth-order valence-corrected chi connectivity index (χ4v) is 2.23. The average Bonchev–Trinajstić information content (AvgIpc) is 2.31. The van der Waals surface area contributed by atoms with Crippen LogP contribution in [0.5, 0.6) is 0 Å². The molecule has 0 aromatic carbocycles. The summed E-state index contributed by atoms with van der Waals surface area (Å²) in [5.41, 5.74) is 5.84. The molecule has 0 saturated heterocycles. The minimum atomic E-state index is -0.0449. The van der Waals surface area contributed by atoms with Crippen molar-refractivity contribution in [2.24, 2.45) is 11.7 Å². The monoisotopic (exact) mass is 255 g/mol. The van der Waals surface area contributed by atoms with Crippen LogP contribution in [0.4, 0.5) is 0 Å². The van der Waals surface area contributed by atoms with Gasteiger partial charge in [-0.05, 0) is 31.6 Å². The first-order chi connectivity index (χ1) is 8.40. The molecule has 18 heavy (non-hydrogen) atoms. The number of amides is 2. The fourth-order valence-electron chi connectivity index (χ4n) is 2.23. The average molecular weight is 255 g/mol. The second-order valence-corrected chi connectivity index (χ2v) is 5.52. The summed E-state index contributed by atoms with van der Waals surface area (Å²) in [4.78, 5) is 26.5. The van der Waals surface area contributed by atoms with E-state index in [0.29, 0.717) is 18.4 Å². The van der Waals surface area contributed by atoms with Gasteiger partial charge < -0.3 is 15.5 Å². The van der Waals surface area contributed by atoms with Crippen LogP contribution in [-0.2, 0) is 9.59 Å². The van der Waals surface area contributed by atoms with E-state index in [0.717, 1.165) is 25.7 Å². The quantitative estimate of drug-likeness (QED) is 0.792. The van der Waals surface area contributed by atoms with Crippen molar-refractivity contribution in [2.45, 2.75) is 38.1 Å². The highest BCUT2D eigenvalue weighted by Gasteiger charge is 2.23. The molecular formula is C13H25N3O2. The number of carbonyl (C=O) groups excluding carboxylic acids is 2. The number of nitrogens with zero attached hydrogens (tertiary/aromatic N) is 2. The van der Waals surface area contributed by atoms with Gasteiger partial charge in [-0.15, -0.1) is 0 Å². The fraction of sp³-hybridized carbons (Fsp3) is 0.846. The number of hydrogen-bond acceptors (Lipinski definition) is 3. The van der Waals surface area contributed by atoms with Crippen LogP contribution in [0.15, 0.2) is 0 Å². The molecule has 2 N–H and O–H groups in total. The van der Waals surface area contributed by atoms with Crippen LogP contribution in [0.3, 0.4) is 0 Å². The van der Waals surface area contributed by atoms with E-state index in [2.05, 4.69) is 0 Å². The van der Waals surface area contributed by atoms with Crippen LogP contribution in [0, 0.1) is 5.92 Å². The minimum absolute atomic E-state index is 0.0449. The summed E-state index contributed by atoms with van der Waals surface area (Å²) < 4.78 is 0. The summed E-state index contributed by atoms with van der Waals surface area (Å²) in [7, 11) is 5.09. The molecule has 1 saturated carbocycles. The molecule has 0 aromatic heterocycles. The van der Waals surface area contributed by atoms with Crippen molar-refractivity contribution in [2.75, 3.05) is 27.7 Å². The van der Waals surface area contributed by atoms with Crippen LogP contribution in [0.2, 0.25) is 0 Å². The Balaban J connectivity index is 2.33. The molecule has 5 nitrogen and oxygen atoms in total. The maximum absolute atomic E-state index is 12.0. The second kappa shape index (κ2) is 6.73. The number of nitrogens with two attached hydrogens (primary N) is 1. The van der Waals surface area contributed by atoms with Crippen LogP contribution < -0.4 is 5.73 Å². The highest BCUT2D eigenvalue weighted by molar-refractivity contribution is 5.84. The molecule has 0 aromatic rings. The van der Waals surface area contributed by atoms with Crippen molar-refractivity contribution < 1.29 is 9.59 Å². The Hall–Kier alpha value is -1.10. The van der Waals surface area contributed by atoms with Gasteiger partial charge in [0.05, 0.1) is 6.54 Å². The van der Waals surface area contributed by atoms with Crippen LogP contribution >= 0.6 is 0 Å². The Morgan fingerprint density at radius 2 is 1.61 bits per heavy atom. The Kier molecular flexibility index (Phi) is 5.59. The predicted octanol–water partition coefficient (Wildman–Crippen LogP) is 0.441. The number of hydrogen-bond donors (Lipinski definition) is 1. The van der Waals surface area contributed by atoms with Gasteiger partial charge >= 0.3 is 0 Å². The molecule has 104 valence electrons. The predicted molar refractivity (Wildman–Crippen MR) is 70.9 cm³/mol. The van der Waals surface area contributed by atoms with E-state index >= 15 is 0 Å². The number of likely N-dealkylation sites (N-methyl/N-ethyl adjacent to an activating group) is 2. The Bertz CT molecular complexity index is 297. The highest BCUT2D eigenvalue weighted by Crippen LogP contribution is 2.26. The maximum atomic E-state index is 12.0. The standard InChI is InChI=1S/C13H25N3O2/c1-15(2)13(18)9-16(3)12(17)8-10-4-6-11(14)7-5-10/h10-11H,4-9,14H2,1-3H3. The summed E-state index contributed by atoms with van der Waals surface area (Å²) >= 11 is 0. The molecule has 0 bridgehead atoms. The van der Waals surface area contributed by atoms with E-state index in [1.807, 2.05) is 0 Å².